The number of alkyl halides is 1. The highest BCUT2D eigenvalue weighted by molar-refractivity contribution is 9.09. The van der Waals surface area contributed by atoms with E-state index < -0.39 is 0 Å². The molecule has 0 amide bonds. The summed E-state index contributed by atoms with van der Waals surface area (Å²) < 4.78 is 5.57. The number of hydrogen-bond acceptors (Lipinski definition) is 4. The van der Waals surface area contributed by atoms with Gasteiger partial charge in [-0.05, 0) is 19.3 Å². The van der Waals surface area contributed by atoms with Crippen molar-refractivity contribution >= 4 is 21.7 Å². The van der Waals surface area contributed by atoms with E-state index in [1.165, 1.54) is 25.7 Å². The lowest BCUT2D eigenvalue weighted by Crippen LogP contribution is -2.41. The van der Waals surface area contributed by atoms with Gasteiger partial charge in [-0.25, -0.2) is 9.97 Å². The van der Waals surface area contributed by atoms with E-state index >= 15 is 0 Å². The zero-order valence-corrected chi connectivity index (χ0v) is 13.3. The van der Waals surface area contributed by atoms with Crippen LogP contribution in [0, 0.1) is 0 Å². The van der Waals surface area contributed by atoms with E-state index in [0.29, 0.717) is 23.4 Å². The van der Waals surface area contributed by atoms with Gasteiger partial charge in [0.05, 0.1) is 6.61 Å². The van der Waals surface area contributed by atoms with Crippen molar-refractivity contribution in [2.24, 2.45) is 0 Å². The summed E-state index contributed by atoms with van der Waals surface area (Å²) in [4.78, 5) is 11.3. The molecule has 1 saturated carbocycles. The number of halogens is 1. The fraction of sp³-hybridized carbons (Fsp3) is 0.714. The highest BCUT2D eigenvalue weighted by Gasteiger charge is 2.27. The molecule has 5 heteroatoms. The maximum atomic E-state index is 5.57. The lowest BCUT2D eigenvalue weighted by atomic mass is 9.94. The minimum Gasteiger partial charge on any atom is -0.478 e. The van der Waals surface area contributed by atoms with Crippen LogP contribution in [-0.4, -0.2) is 34.5 Å². The summed E-state index contributed by atoms with van der Waals surface area (Å²) in [5, 5.41) is 0. The van der Waals surface area contributed by atoms with Gasteiger partial charge in [0, 0.05) is 24.0 Å². The Hall–Kier alpha value is -0.840. The Morgan fingerprint density at radius 3 is 2.89 bits per heavy atom. The maximum absolute atomic E-state index is 5.57. The minimum atomic E-state index is 0.502. The first-order valence-electron chi connectivity index (χ1n) is 7.04. The van der Waals surface area contributed by atoms with E-state index in [1.54, 1.807) is 6.33 Å². The van der Waals surface area contributed by atoms with E-state index in [4.69, 9.17) is 4.74 Å². The number of anilines is 1. The van der Waals surface area contributed by atoms with Crippen LogP contribution in [0.15, 0.2) is 12.4 Å². The van der Waals surface area contributed by atoms with Gasteiger partial charge in [-0.15, -0.1) is 0 Å². The molecule has 2 unspecified atom stereocenters. The summed E-state index contributed by atoms with van der Waals surface area (Å²) in [5.74, 6) is 1.61. The predicted octanol–water partition coefficient (Wildman–Crippen LogP) is 3.41. The molecule has 2 atom stereocenters. The first-order chi connectivity index (χ1) is 9.22. The summed E-state index contributed by atoms with van der Waals surface area (Å²) in [5.41, 5.74) is 0. The SMILES string of the molecule is CCCOc1cc(N(C)C2CCCCC2Br)ncn1. The van der Waals surface area contributed by atoms with Crippen LogP contribution in [0.25, 0.3) is 0 Å². The van der Waals surface area contributed by atoms with E-state index in [1.807, 2.05) is 6.07 Å². The fourth-order valence-corrected chi connectivity index (χ4v) is 3.42. The van der Waals surface area contributed by atoms with Gasteiger partial charge in [-0.2, -0.15) is 0 Å². The first kappa shape index (κ1) is 14.6. The summed E-state index contributed by atoms with van der Waals surface area (Å²) in [6, 6.07) is 2.44. The molecular weight excluding hydrogens is 306 g/mol. The molecule has 1 aromatic rings. The molecule has 4 nitrogen and oxygen atoms in total. The van der Waals surface area contributed by atoms with Crippen molar-refractivity contribution in [3.63, 3.8) is 0 Å². The zero-order chi connectivity index (χ0) is 13.7. The molecule has 1 aliphatic rings. The molecule has 0 spiro atoms. The van der Waals surface area contributed by atoms with Crippen molar-refractivity contribution in [2.45, 2.75) is 49.9 Å². The lowest BCUT2D eigenvalue weighted by molar-refractivity contribution is 0.304. The topological polar surface area (TPSA) is 38.2 Å². The largest absolute Gasteiger partial charge is 0.478 e. The highest BCUT2D eigenvalue weighted by Crippen LogP contribution is 2.30. The summed E-state index contributed by atoms with van der Waals surface area (Å²) in [7, 11) is 2.11. The van der Waals surface area contributed by atoms with Crippen LogP contribution in [0.4, 0.5) is 5.82 Å². The molecule has 19 heavy (non-hydrogen) atoms. The van der Waals surface area contributed by atoms with Crippen molar-refractivity contribution in [1.82, 2.24) is 9.97 Å². The van der Waals surface area contributed by atoms with Gasteiger partial charge in [0.15, 0.2) is 0 Å². The fourth-order valence-electron chi connectivity index (χ4n) is 2.48. The van der Waals surface area contributed by atoms with Gasteiger partial charge in [0.25, 0.3) is 0 Å². The molecule has 106 valence electrons. The number of rotatable bonds is 5. The molecule has 0 radical (unpaired) electrons. The van der Waals surface area contributed by atoms with Gasteiger partial charge in [0.2, 0.25) is 5.88 Å². The van der Waals surface area contributed by atoms with Crippen LogP contribution < -0.4 is 9.64 Å². The van der Waals surface area contributed by atoms with Gasteiger partial charge in [-0.1, -0.05) is 35.7 Å². The molecule has 0 bridgehead atoms. The number of hydrogen-bond donors (Lipinski definition) is 0. The zero-order valence-electron chi connectivity index (χ0n) is 11.7. The summed E-state index contributed by atoms with van der Waals surface area (Å²) >= 11 is 3.80. The van der Waals surface area contributed by atoms with Gasteiger partial charge < -0.3 is 9.64 Å². The molecule has 0 aliphatic heterocycles. The van der Waals surface area contributed by atoms with E-state index in [-0.39, 0.29) is 0 Å². The van der Waals surface area contributed by atoms with Crippen molar-refractivity contribution in [2.75, 3.05) is 18.6 Å². The first-order valence-corrected chi connectivity index (χ1v) is 7.95. The Balaban J connectivity index is 2.07. The van der Waals surface area contributed by atoms with Gasteiger partial charge in [-0.3, -0.25) is 0 Å². The number of aromatic nitrogens is 2. The van der Waals surface area contributed by atoms with Crippen LogP contribution in [0.5, 0.6) is 5.88 Å². The molecule has 0 aromatic carbocycles. The predicted molar refractivity (Wildman–Crippen MR) is 81.2 cm³/mol. The Bertz CT molecular complexity index is 402. The monoisotopic (exact) mass is 327 g/mol. The molecule has 1 heterocycles. The van der Waals surface area contributed by atoms with Crippen molar-refractivity contribution in [3.8, 4) is 5.88 Å². The third-order valence-corrected chi connectivity index (χ3v) is 4.66. The van der Waals surface area contributed by atoms with Crippen molar-refractivity contribution in [1.29, 1.82) is 0 Å². The van der Waals surface area contributed by atoms with Crippen LogP contribution in [-0.2, 0) is 0 Å². The lowest BCUT2D eigenvalue weighted by Gasteiger charge is -2.35. The Kier molecular flexibility index (Phi) is 5.43. The molecular formula is C14H22BrN3O. The average molecular weight is 328 g/mol. The standard InChI is InChI=1S/C14H22BrN3O/c1-3-8-19-14-9-13(16-10-17-14)18(2)12-7-5-4-6-11(12)15/h9-12H,3-8H2,1-2H3. The van der Waals surface area contributed by atoms with E-state index in [9.17, 15) is 0 Å². The van der Waals surface area contributed by atoms with Crippen molar-refractivity contribution < 1.29 is 4.74 Å². The second kappa shape index (κ2) is 7.08. The Morgan fingerprint density at radius 2 is 2.16 bits per heavy atom. The normalized spacial score (nSPS) is 23.1. The average Bonchev–Trinajstić information content (AvgIpc) is 2.45. The minimum absolute atomic E-state index is 0.502. The Labute approximate surface area is 123 Å². The van der Waals surface area contributed by atoms with E-state index in [0.717, 1.165) is 12.2 Å². The third-order valence-electron chi connectivity index (χ3n) is 3.59. The molecule has 2 rings (SSSR count). The van der Waals surface area contributed by atoms with Crippen LogP contribution in [0.3, 0.4) is 0 Å². The van der Waals surface area contributed by atoms with Gasteiger partial charge in [0.1, 0.15) is 12.1 Å². The van der Waals surface area contributed by atoms with E-state index in [2.05, 4.69) is 44.8 Å². The van der Waals surface area contributed by atoms with Crippen molar-refractivity contribution in [3.05, 3.63) is 12.4 Å². The van der Waals surface area contributed by atoms with Crippen LogP contribution in [0.2, 0.25) is 0 Å². The second-order valence-corrected chi connectivity index (χ2v) is 6.22. The van der Waals surface area contributed by atoms with Crippen LogP contribution in [0.1, 0.15) is 39.0 Å². The maximum Gasteiger partial charge on any atom is 0.218 e. The second-order valence-electron chi connectivity index (χ2n) is 5.04. The van der Waals surface area contributed by atoms with Crippen LogP contribution >= 0.6 is 15.9 Å². The quantitative estimate of drug-likeness (QED) is 0.777. The summed E-state index contributed by atoms with van der Waals surface area (Å²) in [6.07, 6.45) is 7.63. The number of nitrogens with zero attached hydrogens (tertiary/aromatic N) is 3. The molecule has 0 saturated heterocycles. The highest BCUT2D eigenvalue weighted by atomic mass is 79.9. The summed E-state index contributed by atoms with van der Waals surface area (Å²) in [6.45, 7) is 2.79. The number of ether oxygens (including phenoxy) is 1. The molecule has 1 fully saturated rings. The Morgan fingerprint density at radius 1 is 1.37 bits per heavy atom. The van der Waals surface area contributed by atoms with Gasteiger partial charge >= 0.3 is 0 Å². The molecule has 0 N–H and O–H groups in total. The molecule has 1 aliphatic carbocycles. The smallest absolute Gasteiger partial charge is 0.218 e. The third kappa shape index (κ3) is 3.81. The molecule has 1 aromatic heterocycles.